The third-order valence-corrected chi connectivity index (χ3v) is 8.06. The fraction of sp³-hybridized carbons (Fsp3) is 0.333. The Morgan fingerprint density at radius 1 is 1.03 bits per heavy atom. The molecule has 1 saturated heterocycles. The van der Waals surface area contributed by atoms with Crippen LogP contribution in [0.4, 0.5) is 5.69 Å². The van der Waals surface area contributed by atoms with Gasteiger partial charge in [-0.05, 0) is 62.2 Å². The van der Waals surface area contributed by atoms with Crippen LogP contribution in [0, 0.1) is 0 Å². The number of sulfonamides is 1. The van der Waals surface area contributed by atoms with E-state index in [1.165, 1.54) is 18.2 Å². The van der Waals surface area contributed by atoms with Crippen LogP contribution in [0.1, 0.15) is 36.7 Å². The van der Waals surface area contributed by atoms with Gasteiger partial charge in [-0.1, -0.05) is 11.6 Å². The molecule has 0 radical (unpaired) electrons. The summed E-state index contributed by atoms with van der Waals surface area (Å²) in [6.45, 7) is 3.43. The lowest BCUT2D eigenvalue weighted by Crippen LogP contribution is -2.41. The zero-order valence-electron chi connectivity index (χ0n) is 18.7. The van der Waals surface area contributed by atoms with Crippen molar-refractivity contribution in [1.82, 2.24) is 9.46 Å². The summed E-state index contributed by atoms with van der Waals surface area (Å²) in [6, 6.07) is 13.0. The number of benzene rings is 2. The molecular formula is C24H25N3O6S. The monoisotopic (exact) mass is 483 g/mol. The summed E-state index contributed by atoms with van der Waals surface area (Å²) in [5, 5.41) is 6.59. The van der Waals surface area contributed by atoms with E-state index in [4.69, 9.17) is 14.0 Å². The minimum atomic E-state index is -3.57. The first kappa shape index (κ1) is 22.4. The molecule has 0 spiro atoms. The SMILES string of the molecule is C[C@H]1CCCCN1S(=O)(=O)c1ccc(NC(=O)c2cc(-c3ccc4c(c3)OCCO4)on2)cc1. The highest BCUT2D eigenvalue weighted by atomic mass is 32.2. The summed E-state index contributed by atoms with van der Waals surface area (Å²) in [5.41, 5.74) is 1.26. The standard InChI is InChI=1S/C24H25N3O6S/c1-16-4-2-3-11-27(16)34(29,30)19-8-6-18(7-9-19)25-24(28)20-15-22(33-26-20)17-5-10-21-23(14-17)32-13-12-31-21/h5-10,14-16H,2-4,11-13H2,1H3,(H,25,28)/t16-/m0/s1. The molecule has 9 nitrogen and oxygen atoms in total. The zero-order valence-corrected chi connectivity index (χ0v) is 19.5. The molecule has 0 saturated carbocycles. The lowest BCUT2D eigenvalue weighted by molar-refractivity contribution is 0.101. The summed E-state index contributed by atoms with van der Waals surface area (Å²) in [4.78, 5) is 12.9. The fourth-order valence-corrected chi connectivity index (χ4v) is 5.88. The second-order valence-corrected chi connectivity index (χ2v) is 10.3. The summed E-state index contributed by atoms with van der Waals surface area (Å²) in [5.74, 6) is 1.22. The zero-order chi connectivity index (χ0) is 23.7. The average Bonchev–Trinajstić information content (AvgIpc) is 3.35. The number of piperidine rings is 1. The molecule has 1 aromatic heterocycles. The molecule has 10 heteroatoms. The molecule has 0 bridgehead atoms. The van der Waals surface area contributed by atoms with Gasteiger partial charge in [0.05, 0.1) is 4.90 Å². The number of anilines is 1. The first-order chi connectivity index (χ1) is 16.4. The van der Waals surface area contributed by atoms with Gasteiger partial charge in [0.1, 0.15) is 13.2 Å². The average molecular weight is 484 g/mol. The third-order valence-electron chi connectivity index (χ3n) is 6.03. The van der Waals surface area contributed by atoms with Crippen molar-refractivity contribution in [2.75, 3.05) is 25.1 Å². The van der Waals surface area contributed by atoms with Crippen molar-refractivity contribution in [3.05, 3.63) is 54.2 Å². The van der Waals surface area contributed by atoms with E-state index in [1.54, 1.807) is 34.6 Å². The maximum atomic E-state index is 13.0. The quantitative estimate of drug-likeness (QED) is 0.585. The third kappa shape index (κ3) is 4.38. The van der Waals surface area contributed by atoms with Gasteiger partial charge in [-0.25, -0.2) is 8.42 Å². The van der Waals surface area contributed by atoms with E-state index in [0.717, 1.165) is 19.3 Å². The number of aromatic nitrogens is 1. The van der Waals surface area contributed by atoms with E-state index in [9.17, 15) is 13.2 Å². The van der Waals surface area contributed by atoms with E-state index >= 15 is 0 Å². The molecule has 2 aliphatic rings. The van der Waals surface area contributed by atoms with E-state index < -0.39 is 15.9 Å². The topological polar surface area (TPSA) is 111 Å². The van der Waals surface area contributed by atoms with Crippen molar-refractivity contribution in [2.24, 2.45) is 0 Å². The highest BCUT2D eigenvalue weighted by Crippen LogP contribution is 2.34. The van der Waals surface area contributed by atoms with Crippen molar-refractivity contribution in [1.29, 1.82) is 0 Å². The molecule has 3 aromatic rings. The summed E-state index contributed by atoms with van der Waals surface area (Å²) < 4.78 is 44.0. The van der Waals surface area contributed by atoms with Crippen molar-refractivity contribution < 1.29 is 27.2 Å². The summed E-state index contributed by atoms with van der Waals surface area (Å²) >= 11 is 0. The Hall–Kier alpha value is -3.37. The molecule has 5 rings (SSSR count). The van der Waals surface area contributed by atoms with Gasteiger partial charge in [0.15, 0.2) is 23.0 Å². The summed E-state index contributed by atoms with van der Waals surface area (Å²) in [7, 11) is -3.57. The van der Waals surface area contributed by atoms with Gasteiger partial charge >= 0.3 is 0 Å². The minimum Gasteiger partial charge on any atom is -0.486 e. The van der Waals surface area contributed by atoms with Crippen LogP contribution in [-0.2, 0) is 10.0 Å². The molecule has 178 valence electrons. The van der Waals surface area contributed by atoms with Crippen LogP contribution in [0.3, 0.4) is 0 Å². The Bertz CT molecular complexity index is 1300. The first-order valence-electron chi connectivity index (χ1n) is 11.2. The van der Waals surface area contributed by atoms with E-state index in [-0.39, 0.29) is 16.6 Å². The molecule has 1 atom stereocenters. The summed E-state index contributed by atoms with van der Waals surface area (Å²) in [6.07, 6.45) is 2.76. The molecule has 1 fully saturated rings. The molecule has 1 amide bonds. The van der Waals surface area contributed by atoms with Crippen LogP contribution >= 0.6 is 0 Å². The largest absolute Gasteiger partial charge is 0.486 e. The molecule has 0 aliphatic carbocycles. The Kier molecular flexibility index (Phi) is 6.01. The minimum absolute atomic E-state index is 0.0197. The smallest absolute Gasteiger partial charge is 0.277 e. The van der Waals surface area contributed by atoms with Crippen LogP contribution in [0.2, 0.25) is 0 Å². The predicted octanol–water partition coefficient (Wildman–Crippen LogP) is 3.93. The van der Waals surface area contributed by atoms with Crippen LogP contribution < -0.4 is 14.8 Å². The Morgan fingerprint density at radius 2 is 1.79 bits per heavy atom. The lowest BCUT2D eigenvalue weighted by Gasteiger charge is -2.32. The van der Waals surface area contributed by atoms with Gasteiger partial charge in [0.2, 0.25) is 10.0 Å². The highest BCUT2D eigenvalue weighted by Gasteiger charge is 2.30. The van der Waals surface area contributed by atoms with E-state index in [1.807, 2.05) is 6.92 Å². The molecular weight excluding hydrogens is 458 g/mol. The number of amides is 1. The normalized spacial score (nSPS) is 18.4. The number of hydrogen-bond acceptors (Lipinski definition) is 7. The van der Waals surface area contributed by atoms with E-state index in [2.05, 4.69) is 10.5 Å². The predicted molar refractivity (Wildman–Crippen MR) is 125 cm³/mol. The number of carbonyl (C=O) groups excluding carboxylic acids is 1. The van der Waals surface area contributed by atoms with Gasteiger partial charge in [-0.3, -0.25) is 4.79 Å². The maximum Gasteiger partial charge on any atom is 0.277 e. The van der Waals surface area contributed by atoms with Gasteiger partial charge in [0.25, 0.3) is 5.91 Å². The molecule has 0 unspecified atom stereocenters. The Morgan fingerprint density at radius 3 is 2.56 bits per heavy atom. The van der Waals surface area contributed by atoms with Crippen molar-refractivity contribution in [2.45, 2.75) is 37.1 Å². The van der Waals surface area contributed by atoms with E-state index in [0.29, 0.717) is 48.3 Å². The maximum absolute atomic E-state index is 13.0. The van der Waals surface area contributed by atoms with Gasteiger partial charge in [-0.15, -0.1) is 0 Å². The molecule has 2 aromatic carbocycles. The number of carbonyl (C=O) groups is 1. The van der Waals surface area contributed by atoms with Gasteiger partial charge < -0.3 is 19.3 Å². The van der Waals surface area contributed by atoms with Gasteiger partial charge in [-0.2, -0.15) is 4.31 Å². The highest BCUT2D eigenvalue weighted by molar-refractivity contribution is 7.89. The van der Waals surface area contributed by atoms with Crippen LogP contribution in [0.25, 0.3) is 11.3 Å². The number of hydrogen-bond donors (Lipinski definition) is 1. The molecule has 34 heavy (non-hydrogen) atoms. The molecule has 3 heterocycles. The number of ether oxygens (including phenoxy) is 2. The van der Waals surface area contributed by atoms with Crippen molar-refractivity contribution >= 4 is 21.6 Å². The Labute approximate surface area is 197 Å². The Balaban J connectivity index is 1.28. The lowest BCUT2D eigenvalue weighted by atomic mass is 10.1. The molecule has 1 N–H and O–H groups in total. The second kappa shape index (κ2) is 9.11. The number of rotatable bonds is 5. The first-order valence-corrected chi connectivity index (χ1v) is 12.7. The second-order valence-electron chi connectivity index (χ2n) is 8.37. The number of nitrogens with one attached hydrogen (secondary N) is 1. The van der Waals surface area contributed by atoms with Crippen molar-refractivity contribution in [3.8, 4) is 22.8 Å². The van der Waals surface area contributed by atoms with Crippen LogP contribution in [-0.4, -0.2) is 49.6 Å². The number of nitrogens with zero attached hydrogens (tertiary/aromatic N) is 2. The molecule has 2 aliphatic heterocycles. The van der Waals surface area contributed by atoms with Crippen LogP contribution in [0.15, 0.2) is 57.9 Å². The number of fused-ring (bicyclic) bond motifs is 1. The van der Waals surface area contributed by atoms with Crippen molar-refractivity contribution in [3.63, 3.8) is 0 Å². The van der Waals surface area contributed by atoms with Gasteiger partial charge in [0, 0.05) is 29.9 Å². The fourth-order valence-electron chi connectivity index (χ4n) is 4.18. The van der Waals surface area contributed by atoms with Crippen LogP contribution in [0.5, 0.6) is 11.5 Å².